The molecule has 0 saturated carbocycles. The first-order valence-electron chi connectivity index (χ1n) is 5.24. The highest BCUT2D eigenvalue weighted by Crippen LogP contribution is 2.22. The maximum absolute atomic E-state index is 9.16. The lowest BCUT2D eigenvalue weighted by molar-refractivity contribution is 0.475. The van der Waals surface area contributed by atoms with Gasteiger partial charge in [0.2, 0.25) is 0 Å². The molecule has 0 aliphatic heterocycles. The van der Waals surface area contributed by atoms with E-state index in [2.05, 4.69) is 25.2 Å². The van der Waals surface area contributed by atoms with E-state index >= 15 is 0 Å². The molecule has 0 unspecified atom stereocenters. The Kier molecular flexibility index (Phi) is 3.15. The minimum Gasteiger partial charge on any atom is -0.508 e. The van der Waals surface area contributed by atoms with Crippen LogP contribution in [0, 0.1) is 13.8 Å². The number of anilines is 1. The number of nitrogens with one attached hydrogen (secondary N) is 1. The second-order valence-corrected chi connectivity index (χ2v) is 5.30. The molecule has 2 N–H and O–H groups in total. The zero-order valence-electron chi connectivity index (χ0n) is 9.45. The van der Waals surface area contributed by atoms with Gasteiger partial charge in [-0.3, -0.25) is 0 Å². The van der Waals surface area contributed by atoms with Crippen LogP contribution in [0.4, 0.5) is 5.69 Å². The fraction of sp³-hybridized carbons (Fsp3) is 0.231. The summed E-state index contributed by atoms with van der Waals surface area (Å²) in [5, 5.41) is 12.5. The summed E-state index contributed by atoms with van der Waals surface area (Å²) in [7, 11) is 0. The van der Waals surface area contributed by atoms with Crippen molar-refractivity contribution in [3.05, 3.63) is 45.6 Å². The summed E-state index contributed by atoms with van der Waals surface area (Å²) in [5.74, 6) is 0.299. The summed E-state index contributed by atoms with van der Waals surface area (Å²) in [6, 6.07) is 9.35. The maximum atomic E-state index is 9.16. The second-order valence-electron chi connectivity index (χ2n) is 3.84. The van der Waals surface area contributed by atoms with Gasteiger partial charge in [0.05, 0.1) is 0 Å². The van der Waals surface area contributed by atoms with Gasteiger partial charge in [0.15, 0.2) is 0 Å². The number of phenols is 1. The van der Waals surface area contributed by atoms with Crippen LogP contribution >= 0.6 is 11.3 Å². The first-order chi connectivity index (χ1) is 7.65. The van der Waals surface area contributed by atoms with Gasteiger partial charge in [-0.15, -0.1) is 11.3 Å². The Morgan fingerprint density at radius 2 is 1.88 bits per heavy atom. The molecule has 0 atom stereocenters. The van der Waals surface area contributed by atoms with Crippen LogP contribution < -0.4 is 5.32 Å². The van der Waals surface area contributed by atoms with E-state index < -0.39 is 0 Å². The third kappa shape index (κ3) is 2.55. The van der Waals surface area contributed by atoms with Crippen LogP contribution in [0.25, 0.3) is 0 Å². The van der Waals surface area contributed by atoms with Crippen molar-refractivity contribution in [2.45, 2.75) is 20.4 Å². The van der Waals surface area contributed by atoms with Crippen molar-refractivity contribution < 1.29 is 5.11 Å². The molecule has 16 heavy (non-hydrogen) atoms. The number of aryl methyl sites for hydroxylation is 2. The van der Waals surface area contributed by atoms with Crippen LogP contribution in [0.15, 0.2) is 30.3 Å². The number of hydrogen-bond donors (Lipinski definition) is 2. The normalized spacial score (nSPS) is 10.4. The summed E-state index contributed by atoms with van der Waals surface area (Å²) >= 11 is 1.83. The van der Waals surface area contributed by atoms with Gasteiger partial charge in [-0.25, -0.2) is 0 Å². The number of phenolic OH excluding ortho intramolecular Hbond substituents is 1. The highest BCUT2D eigenvalue weighted by Gasteiger charge is 2.02. The first kappa shape index (κ1) is 11.0. The zero-order valence-corrected chi connectivity index (χ0v) is 10.3. The van der Waals surface area contributed by atoms with E-state index in [0.29, 0.717) is 5.75 Å². The van der Waals surface area contributed by atoms with Gasteiger partial charge >= 0.3 is 0 Å². The second kappa shape index (κ2) is 4.58. The van der Waals surface area contributed by atoms with Crippen molar-refractivity contribution in [2.24, 2.45) is 0 Å². The van der Waals surface area contributed by atoms with Crippen LogP contribution in [-0.4, -0.2) is 5.11 Å². The SMILES string of the molecule is Cc1cc(CNc2ccc(O)cc2)c(C)s1. The van der Waals surface area contributed by atoms with Crippen molar-refractivity contribution >= 4 is 17.0 Å². The van der Waals surface area contributed by atoms with E-state index in [0.717, 1.165) is 12.2 Å². The summed E-state index contributed by atoms with van der Waals surface area (Å²) in [4.78, 5) is 2.71. The Labute approximate surface area is 99.6 Å². The highest BCUT2D eigenvalue weighted by molar-refractivity contribution is 7.12. The molecule has 1 heterocycles. The number of benzene rings is 1. The van der Waals surface area contributed by atoms with Crippen molar-refractivity contribution in [1.82, 2.24) is 0 Å². The third-order valence-corrected chi connectivity index (χ3v) is 3.50. The standard InChI is InChI=1S/C13H15NOS/c1-9-7-11(10(2)16-9)8-14-12-3-5-13(15)6-4-12/h3-7,14-15H,8H2,1-2H3. The molecule has 1 aromatic heterocycles. The van der Waals surface area contributed by atoms with Gasteiger partial charge in [0.25, 0.3) is 0 Å². The van der Waals surface area contributed by atoms with Gasteiger partial charge < -0.3 is 10.4 Å². The van der Waals surface area contributed by atoms with E-state index in [1.54, 1.807) is 12.1 Å². The van der Waals surface area contributed by atoms with Gasteiger partial charge in [-0.1, -0.05) is 0 Å². The van der Waals surface area contributed by atoms with Crippen molar-refractivity contribution in [1.29, 1.82) is 0 Å². The molecule has 0 aliphatic rings. The molecule has 0 amide bonds. The molecule has 2 aromatic rings. The molecule has 0 radical (unpaired) electrons. The molecule has 2 nitrogen and oxygen atoms in total. The number of thiophene rings is 1. The minimum absolute atomic E-state index is 0.299. The summed E-state index contributed by atoms with van der Waals surface area (Å²) in [6.07, 6.45) is 0. The Balaban J connectivity index is 2.02. The fourth-order valence-electron chi connectivity index (χ4n) is 1.64. The summed E-state index contributed by atoms with van der Waals surface area (Å²) in [6.45, 7) is 5.11. The topological polar surface area (TPSA) is 32.3 Å². The monoisotopic (exact) mass is 233 g/mol. The largest absolute Gasteiger partial charge is 0.508 e. The van der Waals surface area contributed by atoms with Gasteiger partial charge in [-0.2, -0.15) is 0 Å². The average molecular weight is 233 g/mol. The quantitative estimate of drug-likeness (QED) is 0.793. The van der Waals surface area contributed by atoms with Crippen LogP contribution in [0.3, 0.4) is 0 Å². The zero-order chi connectivity index (χ0) is 11.5. The predicted octanol–water partition coefficient (Wildman–Crippen LogP) is 3.68. The Hall–Kier alpha value is -1.48. The summed E-state index contributed by atoms with van der Waals surface area (Å²) in [5.41, 5.74) is 2.37. The minimum atomic E-state index is 0.299. The van der Waals surface area contributed by atoms with Crippen LogP contribution in [0.2, 0.25) is 0 Å². The van der Waals surface area contributed by atoms with Gasteiger partial charge in [0.1, 0.15) is 5.75 Å². The third-order valence-electron chi connectivity index (χ3n) is 2.49. The molecule has 0 spiro atoms. The number of hydrogen-bond acceptors (Lipinski definition) is 3. The lowest BCUT2D eigenvalue weighted by Crippen LogP contribution is -1.98. The average Bonchev–Trinajstić information content (AvgIpc) is 2.57. The molecule has 3 heteroatoms. The van der Waals surface area contributed by atoms with E-state index in [1.165, 1.54) is 15.3 Å². The van der Waals surface area contributed by atoms with E-state index in [1.807, 2.05) is 23.5 Å². The Morgan fingerprint density at radius 3 is 2.44 bits per heavy atom. The van der Waals surface area contributed by atoms with Crippen molar-refractivity contribution in [2.75, 3.05) is 5.32 Å². The highest BCUT2D eigenvalue weighted by atomic mass is 32.1. The number of rotatable bonds is 3. The molecular formula is C13H15NOS. The summed E-state index contributed by atoms with van der Waals surface area (Å²) < 4.78 is 0. The number of aromatic hydroxyl groups is 1. The lowest BCUT2D eigenvalue weighted by atomic mass is 10.2. The van der Waals surface area contributed by atoms with E-state index in [4.69, 9.17) is 5.11 Å². The molecule has 1 aromatic carbocycles. The molecule has 0 saturated heterocycles. The van der Waals surface area contributed by atoms with Crippen molar-refractivity contribution in [3.63, 3.8) is 0 Å². The van der Waals surface area contributed by atoms with Gasteiger partial charge in [0, 0.05) is 22.0 Å². The Morgan fingerprint density at radius 1 is 1.19 bits per heavy atom. The van der Waals surface area contributed by atoms with Crippen molar-refractivity contribution in [3.8, 4) is 5.75 Å². The molecule has 0 aliphatic carbocycles. The maximum Gasteiger partial charge on any atom is 0.115 e. The van der Waals surface area contributed by atoms with Crippen LogP contribution in [0.5, 0.6) is 5.75 Å². The molecular weight excluding hydrogens is 218 g/mol. The molecule has 0 bridgehead atoms. The lowest BCUT2D eigenvalue weighted by Gasteiger charge is -2.05. The molecule has 0 fully saturated rings. The van der Waals surface area contributed by atoms with Crippen LogP contribution in [0.1, 0.15) is 15.3 Å². The first-order valence-corrected chi connectivity index (χ1v) is 6.05. The van der Waals surface area contributed by atoms with Crippen LogP contribution in [-0.2, 0) is 6.54 Å². The predicted molar refractivity (Wildman–Crippen MR) is 69.2 cm³/mol. The Bertz CT molecular complexity index is 473. The smallest absolute Gasteiger partial charge is 0.115 e. The molecule has 2 rings (SSSR count). The fourth-order valence-corrected chi connectivity index (χ4v) is 2.58. The molecule has 84 valence electrons. The van der Waals surface area contributed by atoms with E-state index in [9.17, 15) is 0 Å². The van der Waals surface area contributed by atoms with E-state index in [-0.39, 0.29) is 0 Å². The van der Waals surface area contributed by atoms with Gasteiger partial charge in [-0.05, 0) is 49.7 Å².